The molecule has 0 radical (unpaired) electrons. The van der Waals surface area contributed by atoms with E-state index in [-0.39, 0.29) is 13.0 Å². The van der Waals surface area contributed by atoms with Gasteiger partial charge in [-0.15, -0.1) is 0 Å². The molecular weight excluding hydrogens is 325 g/mol. The van der Waals surface area contributed by atoms with Gasteiger partial charge in [0, 0.05) is 13.0 Å². The summed E-state index contributed by atoms with van der Waals surface area (Å²) in [6, 6.07) is 8.37. The lowest BCUT2D eigenvalue weighted by Crippen LogP contribution is -2.35. The molecule has 0 N–H and O–H groups in total. The predicted octanol–water partition coefficient (Wildman–Crippen LogP) is 2.57. The third-order valence-electron chi connectivity index (χ3n) is 3.72. The molecule has 1 fully saturated rings. The number of nitrogens with zero attached hydrogens (tertiary/aromatic N) is 2. The van der Waals surface area contributed by atoms with Crippen LogP contribution in [-0.4, -0.2) is 36.0 Å². The van der Waals surface area contributed by atoms with Gasteiger partial charge in [0.2, 0.25) is 5.91 Å². The van der Waals surface area contributed by atoms with Crippen molar-refractivity contribution >= 4 is 11.9 Å². The number of carbonyl (C=O) groups is 2. The second-order valence-electron chi connectivity index (χ2n) is 5.60. The molecule has 0 unspecified atom stereocenters. The van der Waals surface area contributed by atoms with E-state index in [1.54, 1.807) is 31.2 Å². The highest BCUT2D eigenvalue weighted by Gasteiger charge is 2.41. The second-order valence-corrected chi connectivity index (χ2v) is 5.60. The number of hydrogen-bond acceptors (Lipinski definition) is 4. The fourth-order valence-corrected chi connectivity index (χ4v) is 2.47. The molecule has 1 saturated heterocycles. The van der Waals surface area contributed by atoms with Gasteiger partial charge in [0.15, 0.2) is 0 Å². The highest BCUT2D eigenvalue weighted by atomic mass is 19.4. The number of rotatable bonds is 4. The molecular formula is C16H15F3N2O3. The normalized spacial score (nSPS) is 19.0. The van der Waals surface area contributed by atoms with Gasteiger partial charge in [0.1, 0.15) is 12.6 Å². The smallest absolute Gasteiger partial charge is 0.406 e. The SMILES string of the molecule is C[C@H](OC(=O)[C@H]1CC(=O)N(CC(F)(F)F)C1)c1ccc(C#N)cc1. The van der Waals surface area contributed by atoms with E-state index < -0.39 is 36.6 Å². The molecule has 1 aromatic rings. The van der Waals surface area contributed by atoms with Crippen molar-refractivity contribution in [3.8, 4) is 6.07 Å². The van der Waals surface area contributed by atoms with Crippen molar-refractivity contribution in [2.45, 2.75) is 25.6 Å². The Morgan fingerprint density at radius 3 is 2.58 bits per heavy atom. The third-order valence-corrected chi connectivity index (χ3v) is 3.72. The lowest BCUT2D eigenvalue weighted by Gasteiger charge is -2.19. The van der Waals surface area contributed by atoms with Gasteiger partial charge in [0.05, 0.1) is 17.6 Å². The van der Waals surface area contributed by atoms with Gasteiger partial charge in [-0.2, -0.15) is 18.4 Å². The Morgan fingerprint density at radius 1 is 1.42 bits per heavy atom. The minimum absolute atomic E-state index is 0.283. The zero-order chi connectivity index (χ0) is 17.9. The van der Waals surface area contributed by atoms with Crippen molar-refractivity contribution in [2.24, 2.45) is 5.92 Å². The molecule has 1 aromatic carbocycles. The van der Waals surface area contributed by atoms with Crippen molar-refractivity contribution in [1.82, 2.24) is 4.90 Å². The molecule has 1 aliphatic rings. The van der Waals surface area contributed by atoms with Crippen LogP contribution in [0.4, 0.5) is 13.2 Å². The minimum Gasteiger partial charge on any atom is -0.458 e. The topological polar surface area (TPSA) is 70.4 Å². The minimum atomic E-state index is -4.50. The van der Waals surface area contributed by atoms with E-state index in [0.29, 0.717) is 16.0 Å². The van der Waals surface area contributed by atoms with Crippen LogP contribution in [0, 0.1) is 17.2 Å². The maximum absolute atomic E-state index is 12.4. The summed E-state index contributed by atoms with van der Waals surface area (Å²) in [6.07, 6.45) is -5.41. The summed E-state index contributed by atoms with van der Waals surface area (Å²) in [5.41, 5.74) is 1.11. The van der Waals surface area contributed by atoms with Gasteiger partial charge in [-0.05, 0) is 24.6 Å². The quantitative estimate of drug-likeness (QED) is 0.790. The van der Waals surface area contributed by atoms with E-state index in [9.17, 15) is 22.8 Å². The maximum atomic E-state index is 12.4. The molecule has 24 heavy (non-hydrogen) atoms. The number of halogens is 3. The molecule has 0 aliphatic carbocycles. The molecule has 128 valence electrons. The lowest BCUT2D eigenvalue weighted by molar-refractivity contribution is -0.158. The molecule has 0 spiro atoms. The second kappa shape index (κ2) is 6.91. The summed E-state index contributed by atoms with van der Waals surface area (Å²) in [7, 11) is 0. The average Bonchev–Trinajstić information content (AvgIpc) is 2.86. The Kier molecular flexibility index (Phi) is 5.12. The average molecular weight is 340 g/mol. The number of ether oxygens (including phenoxy) is 1. The summed E-state index contributed by atoms with van der Waals surface area (Å²) in [5.74, 6) is -2.31. The summed E-state index contributed by atoms with van der Waals surface area (Å²) >= 11 is 0. The van der Waals surface area contributed by atoms with Crippen LogP contribution >= 0.6 is 0 Å². The maximum Gasteiger partial charge on any atom is 0.406 e. The van der Waals surface area contributed by atoms with Gasteiger partial charge >= 0.3 is 12.1 Å². The van der Waals surface area contributed by atoms with Crippen LogP contribution in [0.25, 0.3) is 0 Å². The number of carbonyl (C=O) groups excluding carboxylic acids is 2. The number of amides is 1. The van der Waals surface area contributed by atoms with Crippen molar-refractivity contribution in [3.05, 3.63) is 35.4 Å². The number of nitriles is 1. The van der Waals surface area contributed by atoms with E-state index in [1.807, 2.05) is 6.07 Å². The molecule has 2 atom stereocenters. The number of hydrogen-bond donors (Lipinski definition) is 0. The standard InChI is InChI=1S/C16H15F3N2O3/c1-10(12-4-2-11(7-20)3-5-12)24-15(23)13-6-14(22)21(8-13)9-16(17,18)19/h2-5,10,13H,6,8-9H2,1H3/t10-,13-/m0/s1. The van der Waals surface area contributed by atoms with E-state index in [2.05, 4.69) is 0 Å². The van der Waals surface area contributed by atoms with E-state index >= 15 is 0 Å². The fraction of sp³-hybridized carbons (Fsp3) is 0.438. The van der Waals surface area contributed by atoms with Crippen molar-refractivity contribution in [2.75, 3.05) is 13.1 Å². The zero-order valence-corrected chi connectivity index (χ0v) is 12.8. The van der Waals surface area contributed by atoms with Gasteiger partial charge in [0.25, 0.3) is 0 Å². The Bertz CT molecular complexity index is 665. The Balaban J connectivity index is 1.95. The van der Waals surface area contributed by atoms with Crippen molar-refractivity contribution in [3.63, 3.8) is 0 Å². The summed E-state index contributed by atoms with van der Waals surface area (Å²) in [5, 5.41) is 8.73. The van der Waals surface area contributed by atoms with Crippen LogP contribution in [0.1, 0.15) is 30.6 Å². The summed E-state index contributed by atoms with van der Waals surface area (Å²) < 4.78 is 42.3. The Morgan fingerprint density at radius 2 is 2.04 bits per heavy atom. The van der Waals surface area contributed by atoms with Crippen LogP contribution in [-0.2, 0) is 14.3 Å². The number of esters is 1. The van der Waals surface area contributed by atoms with Gasteiger partial charge < -0.3 is 9.64 Å². The third kappa shape index (κ3) is 4.47. The Labute approximate surface area is 136 Å². The Hall–Kier alpha value is -2.56. The first-order valence-electron chi connectivity index (χ1n) is 7.24. The largest absolute Gasteiger partial charge is 0.458 e. The predicted molar refractivity (Wildman–Crippen MR) is 76.4 cm³/mol. The number of benzene rings is 1. The van der Waals surface area contributed by atoms with Crippen LogP contribution in [0.2, 0.25) is 0 Å². The highest BCUT2D eigenvalue weighted by Crippen LogP contribution is 2.26. The molecule has 2 rings (SSSR count). The van der Waals surface area contributed by atoms with E-state index in [4.69, 9.17) is 10.00 Å². The molecule has 1 heterocycles. The molecule has 5 nitrogen and oxygen atoms in total. The molecule has 1 aliphatic heterocycles. The number of alkyl halides is 3. The molecule has 0 saturated carbocycles. The fourth-order valence-electron chi connectivity index (χ4n) is 2.47. The first-order valence-corrected chi connectivity index (χ1v) is 7.24. The first-order chi connectivity index (χ1) is 11.2. The van der Waals surface area contributed by atoms with Gasteiger partial charge in [-0.25, -0.2) is 0 Å². The summed E-state index contributed by atoms with van der Waals surface area (Å²) in [6.45, 7) is -0.0401. The molecule has 8 heteroatoms. The monoisotopic (exact) mass is 340 g/mol. The number of likely N-dealkylation sites (tertiary alicyclic amines) is 1. The van der Waals surface area contributed by atoms with Gasteiger partial charge in [-0.3, -0.25) is 9.59 Å². The molecule has 1 amide bonds. The highest BCUT2D eigenvalue weighted by molar-refractivity contribution is 5.86. The van der Waals surface area contributed by atoms with E-state index in [1.165, 1.54) is 0 Å². The lowest BCUT2D eigenvalue weighted by atomic mass is 10.1. The van der Waals surface area contributed by atoms with E-state index in [0.717, 1.165) is 0 Å². The van der Waals surface area contributed by atoms with Gasteiger partial charge in [-0.1, -0.05) is 12.1 Å². The van der Waals surface area contributed by atoms with Crippen molar-refractivity contribution in [1.29, 1.82) is 5.26 Å². The summed E-state index contributed by atoms with van der Waals surface area (Å²) in [4.78, 5) is 24.3. The van der Waals surface area contributed by atoms with Crippen LogP contribution < -0.4 is 0 Å². The van der Waals surface area contributed by atoms with Crippen LogP contribution in [0.15, 0.2) is 24.3 Å². The first kappa shape index (κ1) is 17.8. The van der Waals surface area contributed by atoms with Crippen molar-refractivity contribution < 1.29 is 27.5 Å². The molecule has 0 bridgehead atoms. The van der Waals surface area contributed by atoms with Crippen LogP contribution in [0.3, 0.4) is 0 Å². The zero-order valence-electron chi connectivity index (χ0n) is 12.8. The van der Waals surface area contributed by atoms with Crippen LogP contribution in [0.5, 0.6) is 0 Å². The molecule has 0 aromatic heterocycles.